The van der Waals surface area contributed by atoms with Gasteiger partial charge in [0, 0.05) is 12.4 Å². The third-order valence-corrected chi connectivity index (χ3v) is 2.42. The topological polar surface area (TPSA) is 50.2 Å². The van der Waals surface area contributed by atoms with Gasteiger partial charge in [-0.05, 0) is 41.8 Å². The molecule has 3 nitrogen and oxygen atoms in total. The lowest BCUT2D eigenvalue weighted by Crippen LogP contribution is -2.02. The van der Waals surface area contributed by atoms with E-state index in [9.17, 15) is 9.18 Å². The fraction of sp³-hybridized carbons (Fsp3) is 0.0769. The molecule has 2 aromatic rings. The van der Waals surface area contributed by atoms with Gasteiger partial charge < -0.3 is 5.11 Å². The number of carbonyl (C=O) groups is 1. The molecular weight excluding hydrogens is 221 g/mol. The van der Waals surface area contributed by atoms with Crippen LogP contribution in [0.1, 0.15) is 21.5 Å². The van der Waals surface area contributed by atoms with Crippen molar-refractivity contribution in [3.05, 3.63) is 65.2 Å². The van der Waals surface area contributed by atoms with Gasteiger partial charge in [0.25, 0.3) is 0 Å². The first-order valence-corrected chi connectivity index (χ1v) is 5.07. The van der Waals surface area contributed by atoms with E-state index in [-0.39, 0.29) is 5.56 Å². The molecule has 0 aliphatic heterocycles. The second kappa shape index (κ2) is 4.74. The third-order valence-electron chi connectivity index (χ3n) is 2.42. The third kappa shape index (κ3) is 2.66. The summed E-state index contributed by atoms with van der Waals surface area (Å²) >= 11 is 0. The second-order valence-electron chi connectivity index (χ2n) is 3.65. The summed E-state index contributed by atoms with van der Waals surface area (Å²) in [6, 6.07) is 7.80. The van der Waals surface area contributed by atoms with Crippen LogP contribution in [0.15, 0.2) is 42.7 Å². The minimum atomic E-state index is -1.25. The lowest BCUT2D eigenvalue weighted by molar-refractivity contribution is 0.0692. The molecule has 0 atom stereocenters. The Morgan fingerprint density at radius 3 is 2.53 bits per heavy atom. The molecule has 0 saturated heterocycles. The molecule has 86 valence electrons. The molecule has 0 spiro atoms. The maximum atomic E-state index is 13.2. The number of rotatable bonds is 3. The average Bonchev–Trinajstić information content (AvgIpc) is 2.32. The van der Waals surface area contributed by atoms with E-state index >= 15 is 0 Å². The summed E-state index contributed by atoms with van der Waals surface area (Å²) in [5.41, 5.74) is 1.47. The number of hydrogen-bond donors (Lipinski definition) is 1. The summed E-state index contributed by atoms with van der Waals surface area (Å²) in [6.07, 6.45) is 3.89. The summed E-state index contributed by atoms with van der Waals surface area (Å²) in [4.78, 5) is 14.7. The smallest absolute Gasteiger partial charge is 0.338 e. The monoisotopic (exact) mass is 231 g/mol. The molecule has 0 aliphatic carbocycles. The Balaban J connectivity index is 2.29. The van der Waals surface area contributed by atoms with E-state index in [1.807, 2.05) is 12.1 Å². The SMILES string of the molecule is O=C(O)c1cc(Cc2ccncc2)ccc1F. The van der Waals surface area contributed by atoms with Gasteiger partial charge in [-0.2, -0.15) is 0 Å². The van der Waals surface area contributed by atoms with Crippen molar-refractivity contribution in [1.29, 1.82) is 0 Å². The van der Waals surface area contributed by atoms with Crippen molar-refractivity contribution in [3.8, 4) is 0 Å². The molecule has 0 bridgehead atoms. The van der Waals surface area contributed by atoms with Gasteiger partial charge in [-0.3, -0.25) is 4.98 Å². The molecule has 1 aromatic heterocycles. The number of aromatic nitrogens is 1. The van der Waals surface area contributed by atoms with Crippen LogP contribution in [-0.4, -0.2) is 16.1 Å². The largest absolute Gasteiger partial charge is 0.478 e. The van der Waals surface area contributed by atoms with Gasteiger partial charge in [-0.1, -0.05) is 6.07 Å². The van der Waals surface area contributed by atoms with Crippen LogP contribution in [0, 0.1) is 5.82 Å². The lowest BCUT2D eigenvalue weighted by Gasteiger charge is -2.04. The van der Waals surface area contributed by atoms with Crippen molar-refractivity contribution in [2.45, 2.75) is 6.42 Å². The number of carboxylic acids is 1. The summed E-state index contributed by atoms with van der Waals surface area (Å²) in [7, 11) is 0. The molecule has 1 heterocycles. The number of aromatic carboxylic acids is 1. The molecule has 4 heteroatoms. The minimum Gasteiger partial charge on any atom is -0.478 e. The van der Waals surface area contributed by atoms with E-state index in [1.165, 1.54) is 12.1 Å². The second-order valence-corrected chi connectivity index (χ2v) is 3.65. The Kier molecular flexibility index (Phi) is 3.14. The first-order chi connectivity index (χ1) is 8.16. The van der Waals surface area contributed by atoms with Crippen LogP contribution in [0.25, 0.3) is 0 Å². The molecule has 0 radical (unpaired) electrons. The molecule has 0 fully saturated rings. The number of nitrogens with zero attached hydrogens (tertiary/aromatic N) is 1. The highest BCUT2D eigenvalue weighted by atomic mass is 19.1. The van der Waals surface area contributed by atoms with Gasteiger partial charge in [-0.15, -0.1) is 0 Å². The van der Waals surface area contributed by atoms with Crippen molar-refractivity contribution in [3.63, 3.8) is 0 Å². The molecule has 17 heavy (non-hydrogen) atoms. The quantitative estimate of drug-likeness (QED) is 0.882. The predicted octanol–water partition coefficient (Wildman–Crippen LogP) is 2.51. The van der Waals surface area contributed by atoms with E-state index in [2.05, 4.69) is 4.98 Å². The molecular formula is C13H10FNO2. The van der Waals surface area contributed by atoms with Gasteiger partial charge >= 0.3 is 5.97 Å². The van der Waals surface area contributed by atoms with E-state index < -0.39 is 11.8 Å². The fourth-order valence-corrected chi connectivity index (χ4v) is 1.58. The van der Waals surface area contributed by atoms with E-state index in [4.69, 9.17) is 5.11 Å². The Labute approximate surface area is 97.6 Å². The zero-order chi connectivity index (χ0) is 12.3. The Hall–Kier alpha value is -2.23. The average molecular weight is 231 g/mol. The molecule has 1 N–H and O–H groups in total. The van der Waals surface area contributed by atoms with Crippen LogP contribution in [0.5, 0.6) is 0 Å². The van der Waals surface area contributed by atoms with Crippen LogP contribution >= 0.6 is 0 Å². The molecule has 0 aliphatic rings. The minimum absolute atomic E-state index is 0.295. The molecule has 1 aromatic carbocycles. The van der Waals surface area contributed by atoms with Crippen molar-refractivity contribution >= 4 is 5.97 Å². The maximum absolute atomic E-state index is 13.2. The van der Waals surface area contributed by atoms with Crippen molar-refractivity contribution in [2.24, 2.45) is 0 Å². The summed E-state index contributed by atoms with van der Waals surface area (Å²) in [5, 5.41) is 8.81. The van der Waals surface area contributed by atoms with E-state index in [1.54, 1.807) is 18.5 Å². The van der Waals surface area contributed by atoms with Crippen LogP contribution in [0.3, 0.4) is 0 Å². The first-order valence-electron chi connectivity index (χ1n) is 5.07. The standard InChI is InChI=1S/C13H10FNO2/c14-12-2-1-10(8-11(12)13(16)17)7-9-3-5-15-6-4-9/h1-6,8H,7H2,(H,16,17). The zero-order valence-corrected chi connectivity index (χ0v) is 8.93. The number of pyridine rings is 1. The molecule has 2 rings (SSSR count). The zero-order valence-electron chi connectivity index (χ0n) is 8.93. The van der Waals surface area contributed by atoms with E-state index in [0.29, 0.717) is 6.42 Å². The fourth-order valence-electron chi connectivity index (χ4n) is 1.58. The number of benzene rings is 1. The van der Waals surface area contributed by atoms with Crippen LogP contribution in [-0.2, 0) is 6.42 Å². The summed E-state index contributed by atoms with van der Waals surface area (Å²) in [6.45, 7) is 0. The molecule has 0 unspecified atom stereocenters. The van der Waals surface area contributed by atoms with Gasteiger partial charge in [0.1, 0.15) is 5.82 Å². The molecule has 0 amide bonds. The lowest BCUT2D eigenvalue weighted by atomic mass is 10.0. The predicted molar refractivity (Wildman–Crippen MR) is 60.4 cm³/mol. The summed E-state index contributed by atoms with van der Waals surface area (Å²) < 4.78 is 13.2. The number of halogens is 1. The summed E-state index contributed by atoms with van der Waals surface area (Å²) in [5.74, 6) is -1.96. The van der Waals surface area contributed by atoms with Crippen molar-refractivity contribution < 1.29 is 14.3 Å². The molecule has 0 saturated carbocycles. The Bertz CT molecular complexity index is 540. The van der Waals surface area contributed by atoms with Gasteiger partial charge in [0.15, 0.2) is 0 Å². The Morgan fingerprint density at radius 1 is 1.18 bits per heavy atom. The van der Waals surface area contributed by atoms with Crippen molar-refractivity contribution in [1.82, 2.24) is 4.98 Å². The highest BCUT2D eigenvalue weighted by Gasteiger charge is 2.10. The van der Waals surface area contributed by atoms with Crippen LogP contribution < -0.4 is 0 Å². The normalized spacial score (nSPS) is 10.2. The van der Waals surface area contributed by atoms with Gasteiger partial charge in [0.2, 0.25) is 0 Å². The van der Waals surface area contributed by atoms with Gasteiger partial charge in [0.05, 0.1) is 5.56 Å². The maximum Gasteiger partial charge on any atom is 0.338 e. The number of hydrogen-bond acceptors (Lipinski definition) is 2. The van der Waals surface area contributed by atoms with E-state index in [0.717, 1.165) is 11.1 Å². The Morgan fingerprint density at radius 2 is 1.88 bits per heavy atom. The number of carboxylic acid groups (broad SMARTS) is 1. The van der Waals surface area contributed by atoms with Crippen molar-refractivity contribution in [2.75, 3.05) is 0 Å². The van der Waals surface area contributed by atoms with Gasteiger partial charge in [-0.25, -0.2) is 9.18 Å². The van der Waals surface area contributed by atoms with Crippen LogP contribution in [0.2, 0.25) is 0 Å². The van der Waals surface area contributed by atoms with Crippen LogP contribution in [0.4, 0.5) is 4.39 Å². The first kappa shape index (κ1) is 11.3. The highest BCUT2D eigenvalue weighted by Crippen LogP contribution is 2.14. The highest BCUT2D eigenvalue weighted by molar-refractivity contribution is 5.88.